The standard InChI is InChI=1S/C22H31NO3/c1-21(2)17-12-13-22(21,3)20-19(17)23(24)18(26-20)11-7-8-14-25-15-16-9-5-4-6-10-16/h4-6,9-10,17,19-20H,7-8,11-15H2,1-3H3/t17?,19-,20-,22+/m1/s1. The Bertz CT molecular complexity index is 684. The molecule has 0 saturated heterocycles. The molecule has 3 aliphatic rings. The molecule has 0 N–H and O–H groups in total. The summed E-state index contributed by atoms with van der Waals surface area (Å²) in [6, 6.07) is 10.3. The summed E-state index contributed by atoms with van der Waals surface area (Å²) in [5.74, 6) is 1.12. The van der Waals surface area contributed by atoms with Crippen molar-refractivity contribution in [1.29, 1.82) is 0 Å². The molecule has 4 heteroatoms. The minimum Gasteiger partial charge on any atom is -0.621 e. The number of hydroxylamine groups is 1. The summed E-state index contributed by atoms with van der Waals surface area (Å²) in [5, 5.41) is 12.8. The fraction of sp³-hybridized carbons (Fsp3) is 0.682. The van der Waals surface area contributed by atoms with Gasteiger partial charge in [0.15, 0.2) is 6.10 Å². The first-order valence-corrected chi connectivity index (χ1v) is 10.1. The quantitative estimate of drug-likeness (QED) is 0.410. The van der Waals surface area contributed by atoms with Gasteiger partial charge in [0, 0.05) is 17.9 Å². The van der Waals surface area contributed by atoms with Gasteiger partial charge in [0.1, 0.15) is 0 Å². The van der Waals surface area contributed by atoms with Gasteiger partial charge in [-0.3, -0.25) is 0 Å². The molecule has 142 valence electrons. The van der Waals surface area contributed by atoms with Crippen molar-refractivity contribution in [3.05, 3.63) is 41.1 Å². The second kappa shape index (κ2) is 6.56. The van der Waals surface area contributed by atoms with Crippen molar-refractivity contribution in [2.24, 2.45) is 16.7 Å². The van der Waals surface area contributed by atoms with Gasteiger partial charge in [0.05, 0.1) is 13.0 Å². The smallest absolute Gasteiger partial charge is 0.348 e. The molecule has 2 bridgehead atoms. The zero-order chi connectivity index (χ0) is 18.4. The highest BCUT2D eigenvalue weighted by atomic mass is 16.6. The molecule has 1 aromatic carbocycles. The van der Waals surface area contributed by atoms with Crippen LogP contribution in [0.1, 0.15) is 58.4 Å². The molecule has 0 aromatic heterocycles. The molecular formula is C22H31NO3. The highest BCUT2D eigenvalue weighted by Crippen LogP contribution is 2.67. The molecule has 2 fully saturated rings. The molecule has 1 unspecified atom stereocenters. The number of nitrogens with zero attached hydrogens (tertiary/aromatic N) is 1. The molecule has 4 rings (SSSR count). The van der Waals surface area contributed by atoms with E-state index in [9.17, 15) is 5.21 Å². The van der Waals surface area contributed by atoms with E-state index in [4.69, 9.17) is 9.47 Å². The first kappa shape index (κ1) is 17.8. The van der Waals surface area contributed by atoms with Crippen LogP contribution < -0.4 is 0 Å². The summed E-state index contributed by atoms with van der Waals surface area (Å²) in [4.78, 5) is 0. The van der Waals surface area contributed by atoms with Crippen LogP contribution in [0, 0.1) is 22.0 Å². The lowest BCUT2D eigenvalue weighted by Crippen LogP contribution is -2.40. The fourth-order valence-electron chi connectivity index (χ4n) is 5.52. The summed E-state index contributed by atoms with van der Waals surface area (Å²) < 4.78 is 13.2. The molecule has 1 aliphatic heterocycles. The van der Waals surface area contributed by atoms with Crippen molar-refractivity contribution in [2.75, 3.05) is 6.61 Å². The third-order valence-electron chi connectivity index (χ3n) is 7.54. The van der Waals surface area contributed by atoms with E-state index in [-0.39, 0.29) is 23.0 Å². The highest BCUT2D eigenvalue weighted by molar-refractivity contribution is 5.72. The topological polar surface area (TPSA) is 44.5 Å². The maximum atomic E-state index is 12.8. The maximum Gasteiger partial charge on any atom is 0.348 e. The Hall–Kier alpha value is -1.55. The molecule has 0 spiro atoms. The van der Waals surface area contributed by atoms with Crippen molar-refractivity contribution >= 4 is 5.90 Å². The number of fused-ring (bicyclic) bond motifs is 5. The minimum atomic E-state index is 0.0353. The molecule has 2 saturated carbocycles. The minimum absolute atomic E-state index is 0.0353. The molecule has 4 nitrogen and oxygen atoms in total. The first-order chi connectivity index (χ1) is 12.4. The normalized spacial score (nSPS) is 34.2. The zero-order valence-corrected chi connectivity index (χ0v) is 16.2. The van der Waals surface area contributed by atoms with Gasteiger partial charge in [-0.05, 0) is 36.7 Å². The average molecular weight is 357 g/mol. The molecule has 1 aromatic rings. The Balaban J connectivity index is 1.25. The van der Waals surface area contributed by atoms with E-state index in [0.717, 1.165) is 32.3 Å². The summed E-state index contributed by atoms with van der Waals surface area (Å²) in [7, 11) is 0. The van der Waals surface area contributed by atoms with Gasteiger partial charge in [0.2, 0.25) is 6.04 Å². The van der Waals surface area contributed by atoms with Crippen LogP contribution in [-0.2, 0) is 16.1 Å². The van der Waals surface area contributed by atoms with Crippen LogP contribution in [0.15, 0.2) is 30.3 Å². The van der Waals surface area contributed by atoms with Gasteiger partial charge in [-0.2, -0.15) is 4.74 Å². The summed E-state index contributed by atoms with van der Waals surface area (Å²) in [6.07, 6.45) is 5.04. The van der Waals surface area contributed by atoms with Crippen LogP contribution in [-0.4, -0.2) is 29.4 Å². The Morgan fingerprint density at radius 3 is 2.69 bits per heavy atom. The van der Waals surface area contributed by atoms with Crippen LogP contribution in [0.3, 0.4) is 0 Å². The molecule has 0 radical (unpaired) electrons. The molecule has 0 amide bonds. The van der Waals surface area contributed by atoms with Gasteiger partial charge in [-0.15, -0.1) is 0 Å². The van der Waals surface area contributed by atoms with Gasteiger partial charge in [-0.25, -0.2) is 0 Å². The lowest BCUT2D eigenvalue weighted by molar-refractivity contribution is -0.505. The predicted octanol–water partition coefficient (Wildman–Crippen LogP) is 4.51. The monoisotopic (exact) mass is 357 g/mol. The third-order valence-corrected chi connectivity index (χ3v) is 7.54. The zero-order valence-electron chi connectivity index (χ0n) is 16.2. The second-order valence-corrected chi connectivity index (χ2v) is 9.03. The fourth-order valence-corrected chi connectivity index (χ4v) is 5.52. The van der Waals surface area contributed by atoms with Crippen molar-refractivity contribution in [1.82, 2.24) is 0 Å². The lowest BCUT2D eigenvalue weighted by Gasteiger charge is -2.36. The van der Waals surface area contributed by atoms with Gasteiger partial charge in [-0.1, -0.05) is 51.1 Å². The Morgan fingerprint density at radius 2 is 1.96 bits per heavy atom. The number of unbranched alkanes of at least 4 members (excludes halogenated alkanes) is 1. The Labute approximate surface area is 156 Å². The number of hydrogen-bond acceptors (Lipinski definition) is 3. The van der Waals surface area contributed by atoms with Gasteiger partial charge >= 0.3 is 5.90 Å². The largest absolute Gasteiger partial charge is 0.621 e. The second-order valence-electron chi connectivity index (χ2n) is 9.03. The first-order valence-electron chi connectivity index (χ1n) is 10.1. The maximum absolute atomic E-state index is 12.8. The molecule has 1 heterocycles. The van der Waals surface area contributed by atoms with Crippen molar-refractivity contribution in [3.63, 3.8) is 0 Å². The SMILES string of the molecule is CC1(C)C2CC[C@@]1(C)[C@@H]1OC(CCCCOCc3ccccc3)=[N+]([O-])[C@H]21. The van der Waals surface area contributed by atoms with Crippen LogP contribution >= 0.6 is 0 Å². The average Bonchev–Trinajstić information content (AvgIpc) is 3.13. The van der Waals surface area contributed by atoms with Crippen molar-refractivity contribution < 1.29 is 14.2 Å². The summed E-state index contributed by atoms with van der Waals surface area (Å²) >= 11 is 0. The van der Waals surface area contributed by atoms with E-state index in [1.54, 1.807) is 0 Å². The summed E-state index contributed by atoms with van der Waals surface area (Å²) in [6.45, 7) is 8.35. The predicted molar refractivity (Wildman–Crippen MR) is 102 cm³/mol. The van der Waals surface area contributed by atoms with E-state index in [0.29, 0.717) is 18.4 Å². The Morgan fingerprint density at radius 1 is 1.19 bits per heavy atom. The van der Waals surface area contributed by atoms with Crippen LogP contribution in [0.5, 0.6) is 0 Å². The molecular weight excluding hydrogens is 326 g/mol. The number of hydrogen-bond donors (Lipinski definition) is 0. The lowest BCUT2D eigenvalue weighted by atomic mass is 9.70. The molecule has 4 atom stereocenters. The van der Waals surface area contributed by atoms with E-state index in [1.165, 1.54) is 16.7 Å². The van der Waals surface area contributed by atoms with E-state index >= 15 is 0 Å². The van der Waals surface area contributed by atoms with Crippen molar-refractivity contribution in [2.45, 2.75) is 71.6 Å². The Kier molecular flexibility index (Phi) is 4.50. The third kappa shape index (κ3) is 2.65. The number of ether oxygens (including phenoxy) is 2. The highest BCUT2D eigenvalue weighted by Gasteiger charge is 2.73. The van der Waals surface area contributed by atoms with Crippen LogP contribution in [0.4, 0.5) is 0 Å². The summed E-state index contributed by atoms with van der Waals surface area (Å²) in [5.41, 5.74) is 1.53. The van der Waals surface area contributed by atoms with Gasteiger partial charge < -0.3 is 14.7 Å². The molecule has 2 aliphatic carbocycles. The van der Waals surface area contributed by atoms with E-state index < -0.39 is 0 Å². The van der Waals surface area contributed by atoms with E-state index in [2.05, 4.69) is 32.9 Å². The van der Waals surface area contributed by atoms with E-state index in [1.807, 2.05) is 18.2 Å². The van der Waals surface area contributed by atoms with Crippen LogP contribution in [0.2, 0.25) is 0 Å². The number of benzene rings is 1. The van der Waals surface area contributed by atoms with Crippen molar-refractivity contribution in [3.8, 4) is 0 Å². The number of rotatable bonds is 7. The van der Waals surface area contributed by atoms with Crippen LogP contribution in [0.25, 0.3) is 0 Å². The van der Waals surface area contributed by atoms with Gasteiger partial charge in [0.25, 0.3) is 0 Å². The molecule has 26 heavy (non-hydrogen) atoms.